The summed E-state index contributed by atoms with van der Waals surface area (Å²) < 4.78 is 5.04. The van der Waals surface area contributed by atoms with Gasteiger partial charge in [0, 0.05) is 6.54 Å². The predicted octanol–water partition coefficient (Wildman–Crippen LogP) is 1.08. The second-order valence-electron chi connectivity index (χ2n) is 6.50. The predicted molar refractivity (Wildman–Crippen MR) is 78.1 cm³/mol. The molecule has 2 atom stereocenters. The lowest BCUT2D eigenvalue weighted by molar-refractivity contribution is -0.163. The van der Waals surface area contributed by atoms with Gasteiger partial charge in [0.15, 0.2) is 0 Å². The number of nitrogens with two attached hydrogens (primary N) is 1. The topological polar surface area (TPSA) is 89.7 Å². The Labute approximate surface area is 126 Å². The van der Waals surface area contributed by atoms with Gasteiger partial charge in [0.05, 0.1) is 6.61 Å². The first-order valence-electron chi connectivity index (χ1n) is 7.46. The third kappa shape index (κ3) is 4.19. The fourth-order valence-electron chi connectivity index (χ4n) is 2.71. The van der Waals surface area contributed by atoms with Gasteiger partial charge < -0.3 is 15.4 Å². The molecule has 1 aliphatic rings. The van der Waals surface area contributed by atoms with Crippen molar-refractivity contribution in [1.82, 2.24) is 4.90 Å². The lowest BCUT2D eigenvalue weighted by atomic mass is 9.79. The van der Waals surface area contributed by atoms with Crippen molar-refractivity contribution >= 4 is 17.8 Å². The zero-order chi connectivity index (χ0) is 16.2. The number of esters is 1. The van der Waals surface area contributed by atoms with Gasteiger partial charge in [-0.3, -0.25) is 14.4 Å². The van der Waals surface area contributed by atoms with Crippen LogP contribution in [0.3, 0.4) is 0 Å². The number of carbonyl (C=O) groups is 3. The number of amides is 2. The van der Waals surface area contributed by atoms with E-state index in [2.05, 4.69) is 0 Å². The number of carbonyl (C=O) groups excluding carboxylic acids is 3. The highest BCUT2D eigenvalue weighted by atomic mass is 16.5. The van der Waals surface area contributed by atoms with Crippen LogP contribution in [0.4, 0.5) is 0 Å². The van der Waals surface area contributed by atoms with Crippen LogP contribution in [-0.2, 0) is 19.1 Å². The normalized spacial score (nSPS) is 20.8. The minimum absolute atomic E-state index is 0.220. The first-order valence-corrected chi connectivity index (χ1v) is 7.46. The number of hydrogen-bond acceptors (Lipinski definition) is 4. The van der Waals surface area contributed by atoms with Crippen molar-refractivity contribution in [2.75, 3.05) is 13.2 Å². The van der Waals surface area contributed by atoms with E-state index in [9.17, 15) is 14.4 Å². The molecule has 2 unspecified atom stereocenters. The largest absolute Gasteiger partial charge is 0.465 e. The van der Waals surface area contributed by atoms with E-state index < -0.39 is 29.3 Å². The summed E-state index contributed by atoms with van der Waals surface area (Å²) in [5, 5.41) is 0. The van der Waals surface area contributed by atoms with E-state index in [-0.39, 0.29) is 12.5 Å². The summed E-state index contributed by atoms with van der Waals surface area (Å²) in [7, 11) is 0. The lowest BCUT2D eigenvalue weighted by Gasteiger charge is -2.38. The maximum Gasteiger partial charge on any atom is 0.319 e. The first kappa shape index (κ1) is 17.5. The van der Waals surface area contributed by atoms with Crippen LogP contribution >= 0.6 is 0 Å². The number of nitrogens with zero attached hydrogens (tertiary/aromatic N) is 1. The molecule has 0 aromatic heterocycles. The van der Waals surface area contributed by atoms with E-state index >= 15 is 0 Å². The number of primary amides is 1. The molecule has 0 saturated carbocycles. The van der Waals surface area contributed by atoms with Gasteiger partial charge in [-0.05, 0) is 31.6 Å². The smallest absolute Gasteiger partial charge is 0.319 e. The zero-order valence-corrected chi connectivity index (χ0v) is 13.3. The van der Waals surface area contributed by atoms with Gasteiger partial charge in [-0.25, -0.2) is 0 Å². The molecule has 0 aromatic carbocycles. The molecule has 0 spiro atoms. The molecule has 6 nitrogen and oxygen atoms in total. The Morgan fingerprint density at radius 1 is 1.29 bits per heavy atom. The molecule has 0 aromatic rings. The molecular weight excluding hydrogens is 272 g/mol. The van der Waals surface area contributed by atoms with Crippen LogP contribution in [-0.4, -0.2) is 41.9 Å². The second-order valence-corrected chi connectivity index (χ2v) is 6.50. The van der Waals surface area contributed by atoms with Crippen molar-refractivity contribution in [3.05, 3.63) is 0 Å². The summed E-state index contributed by atoms with van der Waals surface area (Å²) in [5.41, 5.74) is 4.81. The third-order valence-corrected chi connectivity index (χ3v) is 3.75. The molecular formula is C15H26N2O4. The van der Waals surface area contributed by atoms with Crippen LogP contribution in [0.15, 0.2) is 0 Å². The van der Waals surface area contributed by atoms with E-state index in [1.54, 1.807) is 6.92 Å². The Morgan fingerprint density at radius 2 is 1.90 bits per heavy atom. The van der Waals surface area contributed by atoms with Gasteiger partial charge in [-0.15, -0.1) is 0 Å². The minimum atomic E-state index is -0.919. The summed E-state index contributed by atoms with van der Waals surface area (Å²) in [5.74, 6) is -2.33. The lowest BCUT2D eigenvalue weighted by Crippen LogP contribution is -2.55. The summed E-state index contributed by atoms with van der Waals surface area (Å²) in [6.07, 6.45) is 2.23. The standard InChI is InChI=1S/C15H26N2O4/c1-5-21-14(20)11(15(2,3)4)13(19)17-9-7-6-8-10(17)12(16)18/h10-11H,5-9H2,1-4H3,(H2,16,18). The number of rotatable bonds is 4. The molecule has 1 heterocycles. The summed E-state index contributed by atoms with van der Waals surface area (Å²) in [4.78, 5) is 38.0. The van der Waals surface area contributed by atoms with Gasteiger partial charge in [0.1, 0.15) is 12.0 Å². The van der Waals surface area contributed by atoms with Crippen molar-refractivity contribution in [3.8, 4) is 0 Å². The van der Waals surface area contributed by atoms with Crippen LogP contribution in [0.1, 0.15) is 47.0 Å². The molecule has 2 amide bonds. The van der Waals surface area contributed by atoms with Crippen molar-refractivity contribution in [2.45, 2.75) is 53.0 Å². The molecule has 0 radical (unpaired) electrons. The molecule has 2 N–H and O–H groups in total. The highest BCUT2D eigenvalue weighted by Crippen LogP contribution is 2.31. The summed E-state index contributed by atoms with van der Waals surface area (Å²) >= 11 is 0. The molecule has 1 rings (SSSR count). The fraction of sp³-hybridized carbons (Fsp3) is 0.800. The Kier molecular flexibility index (Phi) is 5.75. The summed E-state index contributed by atoms with van der Waals surface area (Å²) in [6, 6.07) is -0.620. The molecule has 0 aliphatic carbocycles. The fourth-order valence-corrected chi connectivity index (χ4v) is 2.71. The average molecular weight is 298 g/mol. The van der Waals surface area contributed by atoms with E-state index in [1.807, 2.05) is 20.8 Å². The van der Waals surface area contributed by atoms with Crippen LogP contribution in [0.5, 0.6) is 0 Å². The molecule has 6 heteroatoms. The first-order chi connectivity index (χ1) is 9.70. The van der Waals surface area contributed by atoms with Crippen LogP contribution < -0.4 is 5.73 Å². The number of ether oxygens (including phenoxy) is 1. The van der Waals surface area contributed by atoms with Crippen LogP contribution in [0, 0.1) is 11.3 Å². The van der Waals surface area contributed by atoms with Crippen molar-refractivity contribution in [2.24, 2.45) is 17.1 Å². The van der Waals surface area contributed by atoms with Gasteiger partial charge >= 0.3 is 5.97 Å². The van der Waals surface area contributed by atoms with Crippen molar-refractivity contribution in [3.63, 3.8) is 0 Å². The number of likely N-dealkylation sites (tertiary alicyclic amines) is 1. The molecule has 21 heavy (non-hydrogen) atoms. The van der Waals surface area contributed by atoms with Gasteiger partial charge in [-0.2, -0.15) is 0 Å². The van der Waals surface area contributed by atoms with E-state index in [1.165, 1.54) is 4.90 Å². The highest BCUT2D eigenvalue weighted by molar-refractivity contribution is 6.00. The van der Waals surface area contributed by atoms with Crippen LogP contribution in [0.25, 0.3) is 0 Å². The van der Waals surface area contributed by atoms with Crippen molar-refractivity contribution in [1.29, 1.82) is 0 Å². The van der Waals surface area contributed by atoms with E-state index in [4.69, 9.17) is 10.5 Å². The summed E-state index contributed by atoms with van der Waals surface area (Å²) in [6.45, 7) is 7.83. The average Bonchev–Trinajstić information content (AvgIpc) is 2.37. The van der Waals surface area contributed by atoms with Gasteiger partial charge in [-0.1, -0.05) is 20.8 Å². The van der Waals surface area contributed by atoms with Gasteiger partial charge in [0.2, 0.25) is 11.8 Å². The van der Waals surface area contributed by atoms with Crippen LogP contribution in [0.2, 0.25) is 0 Å². The Hall–Kier alpha value is -1.59. The van der Waals surface area contributed by atoms with E-state index in [0.717, 1.165) is 12.8 Å². The highest BCUT2D eigenvalue weighted by Gasteiger charge is 2.44. The second kappa shape index (κ2) is 6.91. The monoisotopic (exact) mass is 298 g/mol. The minimum Gasteiger partial charge on any atom is -0.465 e. The zero-order valence-electron chi connectivity index (χ0n) is 13.3. The van der Waals surface area contributed by atoms with E-state index in [0.29, 0.717) is 13.0 Å². The molecule has 0 bridgehead atoms. The Balaban J connectivity index is 3.03. The van der Waals surface area contributed by atoms with Crippen molar-refractivity contribution < 1.29 is 19.1 Å². The molecule has 1 fully saturated rings. The number of piperidine rings is 1. The quantitative estimate of drug-likeness (QED) is 0.621. The third-order valence-electron chi connectivity index (χ3n) is 3.75. The SMILES string of the molecule is CCOC(=O)C(C(=O)N1CCCCC1C(N)=O)C(C)(C)C. The maximum atomic E-state index is 12.8. The number of hydrogen-bond donors (Lipinski definition) is 1. The Morgan fingerprint density at radius 3 is 2.38 bits per heavy atom. The molecule has 1 saturated heterocycles. The Bertz CT molecular complexity index is 414. The maximum absolute atomic E-state index is 12.8. The molecule has 1 aliphatic heterocycles. The van der Waals surface area contributed by atoms with Gasteiger partial charge in [0.25, 0.3) is 0 Å². The molecule has 120 valence electrons.